The van der Waals surface area contributed by atoms with E-state index < -0.39 is 41.5 Å². The predicted molar refractivity (Wildman–Crippen MR) is 187 cm³/mol. The number of methoxy groups -OCH3 is 1. The summed E-state index contributed by atoms with van der Waals surface area (Å²) in [6, 6.07) is 19.6. The van der Waals surface area contributed by atoms with E-state index in [0.717, 1.165) is 20.8 Å². The molecule has 48 heavy (non-hydrogen) atoms. The summed E-state index contributed by atoms with van der Waals surface area (Å²) in [6.07, 6.45) is 0.834. The van der Waals surface area contributed by atoms with E-state index in [1.54, 1.807) is 82.2 Å². The third-order valence-corrected chi connectivity index (χ3v) is 8.56. The van der Waals surface area contributed by atoms with E-state index in [1.807, 2.05) is 30.3 Å². The number of carbonyl (C=O) groups is 4. The van der Waals surface area contributed by atoms with E-state index in [2.05, 4.69) is 26.2 Å². The number of hydrogen-bond acceptors (Lipinski definition) is 7. The molecule has 1 aliphatic heterocycles. The lowest BCUT2D eigenvalue weighted by Crippen LogP contribution is -2.57. The number of aromatic nitrogens is 1. The van der Waals surface area contributed by atoms with Crippen molar-refractivity contribution in [1.29, 1.82) is 0 Å². The molecule has 11 nitrogen and oxygen atoms in total. The minimum Gasteiger partial charge on any atom is -0.496 e. The van der Waals surface area contributed by atoms with Crippen LogP contribution in [0.15, 0.2) is 83.5 Å². The van der Waals surface area contributed by atoms with Crippen molar-refractivity contribution < 1.29 is 28.7 Å². The summed E-state index contributed by atoms with van der Waals surface area (Å²) in [6.45, 7) is 6.63. The molecule has 1 aromatic heterocycles. The number of nitrogens with one attached hydrogen (secondary N) is 1. The molecule has 3 aromatic carbocycles. The maximum Gasteiger partial charge on any atom is 0.410 e. The Labute approximate surface area is 287 Å². The summed E-state index contributed by atoms with van der Waals surface area (Å²) in [5, 5.41) is 4.65. The number of nitrogens with zero attached hydrogens (tertiary/aromatic N) is 4. The molecular formula is C36H38BrN5O6. The largest absolute Gasteiger partial charge is 0.496 e. The zero-order valence-electron chi connectivity index (χ0n) is 27.7. The van der Waals surface area contributed by atoms with Crippen LogP contribution in [0.2, 0.25) is 0 Å². The van der Waals surface area contributed by atoms with Crippen molar-refractivity contribution in [2.45, 2.75) is 51.9 Å². The molecule has 0 radical (unpaired) electrons. The van der Waals surface area contributed by atoms with Crippen molar-refractivity contribution in [1.82, 2.24) is 15.2 Å². The Kier molecular flexibility index (Phi) is 10.0. The first-order valence-electron chi connectivity index (χ1n) is 15.4. The van der Waals surface area contributed by atoms with Crippen LogP contribution in [-0.4, -0.2) is 72.1 Å². The minimum absolute atomic E-state index is 0.0728. The average Bonchev–Trinajstić information content (AvgIpc) is 3.17. The highest BCUT2D eigenvalue weighted by Gasteiger charge is 2.39. The number of rotatable bonds is 7. The summed E-state index contributed by atoms with van der Waals surface area (Å²) < 4.78 is 12.1. The lowest BCUT2D eigenvalue weighted by atomic mass is 10.0. The maximum atomic E-state index is 14.7. The minimum atomic E-state index is -1.19. The van der Waals surface area contributed by atoms with Crippen molar-refractivity contribution in [2.24, 2.45) is 0 Å². The van der Waals surface area contributed by atoms with Crippen LogP contribution in [0.3, 0.4) is 0 Å². The molecule has 0 bridgehead atoms. The van der Waals surface area contributed by atoms with Crippen LogP contribution in [0.5, 0.6) is 5.75 Å². The monoisotopic (exact) mass is 715 g/mol. The fourth-order valence-corrected chi connectivity index (χ4v) is 5.87. The first-order valence-corrected chi connectivity index (χ1v) is 16.2. The van der Waals surface area contributed by atoms with Crippen LogP contribution < -0.4 is 19.9 Å². The Bertz CT molecular complexity index is 1860. The van der Waals surface area contributed by atoms with Gasteiger partial charge >= 0.3 is 6.09 Å². The van der Waals surface area contributed by atoms with Gasteiger partial charge in [0, 0.05) is 23.3 Å². The van der Waals surface area contributed by atoms with E-state index in [1.165, 1.54) is 23.0 Å². The molecule has 4 aromatic rings. The topological polar surface area (TPSA) is 121 Å². The molecule has 0 aliphatic carbocycles. The fourth-order valence-electron chi connectivity index (χ4n) is 5.49. The number of para-hydroxylation sites is 2. The molecule has 2 atom stereocenters. The zero-order chi connectivity index (χ0) is 34.7. The van der Waals surface area contributed by atoms with Crippen molar-refractivity contribution in [3.63, 3.8) is 0 Å². The van der Waals surface area contributed by atoms with Crippen molar-refractivity contribution >= 4 is 61.9 Å². The normalized spacial score (nSPS) is 15.3. The van der Waals surface area contributed by atoms with Gasteiger partial charge in [0.05, 0.1) is 31.6 Å². The number of fused-ring (bicyclic) bond motifs is 2. The van der Waals surface area contributed by atoms with Gasteiger partial charge in [0.15, 0.2) is 0 Å². The van der Waals surface area contributed by atoms with Crippen LogP contribution in [0.1, 0.15) is 43.7 Å². The fraction of sp³-hybridized carbons (Fsp3) is 0.306. The molecule has 1 N–H and O–H groups in total. The van der Waals surface area contributed by atoms with Gasteiger partial charge in [-0.3, -0.25) is 24.3 Å². The van der Waals surface area contributed by atoms with Gasteiger partial charge in [0.25, 0.3) is 11.8 Å². The SMILES string of the molecule is COc1ccc2cc(Br)ccc2c1CN1C(=O)[C@@H](NC(=O)[C@H](C)N(C)C(=O)OC(C)(C)C)CN(C(=O)c2ccccn2)c2ccccc21. The second-order valence-electron chi connectivity index (χ2n) is 12.5. The van der Waals surface area contributed by atoms with Gasteiger partial charge in [-0.15, -0.1) is 0 Å². The number of benzene rings is 3. The third-order valence-electron chi connectivity index (χ3n) is 8.07. The smallest absolute Gasteiger partial charge is 0.410 e. The highest BCUT2D eigenvalue weighted by atomic mass is 79.9. The zero-order valence-corrected chi connectivity index (χ0v) is 29.3. The lowest BCUT2D eigenvalue weighted by Gasteiger charge is -2.30. The average molecular weight is 717 g/mol. The Hall–Kier alpha value is -4.97. The Balaban J connectivity index is 1.58. The molecule has 4 amide bonds. The molecule has 2 heterocycles. The van der Waals surface area contributed by atoms with Crippen molar-refractivity contribution in [3.8, 4) is 5.75 Å². The first kappa shape index (κ1) is 34.4. The number of halogens is 1. The van der Waals surface area contributed by atoms with Gasteiger partial charge in [0.2, 0.25) is 5.91 Å². The first-order chi connectivity index (χ1) is 22.8. The molecule has 12 heteroatoms. The molecule has 0 saturated carbocycles. The van der Waals surface area contributed by atoms with E-state index in [-0.39, 0.29) is 18.8 Å². The number of anilines is 2. The molecular weight excluding hydrogens is 678 g/mol. The van der Waals surface area contributed by atoms with Crippen LogP contribution in [0, 0.1) is 0 Å². The molecule has 0 unspecified atom stereocenters. The van der Waals surface area contributed by atoms with Crippen LogP contribution in [-0.2, 0) is 20.9 Å². The highest BCUT2D eigenvalue weighted by Crippen LogP contribution is 2.38. The Morgan fingerprint density at radius 3 is 2.42 bits per heavy atom. The van der Waals surface area contributed by atoms with E-state index in [9.17, 15) is 19.2 Å². The van der Waals surface area contributed by atoms with E-state index in [0.29, 0.717) is 17.1 Å². The van der Waals surface area contributed by atoms with Crippen molar-refractivity contribution in [3.05, 3.63) is 94.7 Å². The highest BCUT2D eigenvalue weighted by molar-refractivity contribution is 9.10. The van der Waals surface area contributed by atoms with E-state index >= 15 is 0 Å². The predicted octanol–water partition coefficient (Wildman–Crippen LogP) is 5.94. The summed E-state index contributed by atoms with van der Waals surface area (Å²) in [7, 11) is 3.03. The van der Waals surface area contributed by atoms with Crippen LogP contribution in [0.4, 0.5) is 16.2 Å². The van der Waals surface area contributed by atoms with Crippen LogP contribution in [0.25, 0.3) is 10.8 Å². The molecule has 0 fully saturated rings. The Morgan fingerprint density at radius 1 is 1.04 bits per heavy atom. The number of hydrogen-bond donors (Lipinski definition) is 1. The quantitative estimate of drug-likeness (QED) is 0.251. The number of pyridine rings is 1. The van der Waals surface area contributed by atoms with Gasteiger partial charge < -0.3 is 24.6 Å². The van der Waals surface area contributed by atoms with Gasteiger partial charge in [-0.1, -0.05) is 46.3 Å². The third kappa shape index (κ3) is 7.28. The van der Waals surface area contributed by atoms with Gasteiger partial charge in [-0.2, -0.15) is 0 Å². The van der Waals surface area contributed by atoms with Gasteiger partial charge in [-0.05, 0) is 80.9 Å². The molecule has 5 rings (SSSR count). The second-order valence-corrected chi connectivity index (χ2v) is 13.4. The van der Waals surface area contributed by atoms with E-state index in [4.69, 9.17) is 9.47 Å². The van der Waals surface area contributed by atoms with Gasteiger partial charge in [-0.25, -0.2) is 4.79 Å². The van der Waals surface area contributed by atoms with Crippen LogP contribution >= 0.6 is 15.9 Å². The summed E-state index contributed by atoms with van der Waals surface area (Å²) in [4.78, 5) is 63.6. The maximum absolute atomic E-state index is 14.7. The number of amides is 4. The second kappa shape index (κ2) is 14.0. The summed E-state index contributed by atoms with van der Waals surface area (Å²) >= 11 is 3.54. The number of ether oxygens (including phenoxy) is 2. The summed E-state index contributed by atoms with van der Waals surface area (Å²) in [5.74, 6) is -0.904. The molecule has 0 saturated heterocycles. The molecule has 0 spiro atoms. The summed E-state index contributed by atoms with van der Waals surface area (Å²) in [5.41, 5.74) is 1.10. The van der Waals surface area contributed by atoms with Gasteiger partial charge in [0.1, 0.15) is 29.1 Å². The Morgan fingerprint density at radius 2 is 1.75 bits per heavy atom. The molecule has 250 valence electrons. The lowest BCUT2D eigenvalue weighted by molar-refractivity contribution is -0.130. The van der Waals surface area contributed by atoms with Crippen molar-refractivity contribution in [2.75, 3.05) is 30.5 Å². The standard InChI is InChI=1S/C36H38BrN5O6/c1-22(40(5)35(46)48-36(2,3)4)32(43)39-28-21-42(33(44)27-11-9-10-18-38-27)30-13-8-7-12-29(30)41(34(28)45)20-26-25-16-15-24(37)19-23(25)14-17-31(26)47-6/h7-19,22,28H,20-21H2,1-6H3,(H,39,43)/t22-,28-/m0/s1. The number of carbonyl (C=O) groups excluding carboxylic acids is 4. The molecule has 1 aliphatic rings. The number of likely N-dealkylation sites (N-methyl/N-ethyl adjacent to an activating group) is 1.